The van der Waals surface area contributed by atoms with Crippen LogP contribution in [0.5, 0.6) is 11.5 Å². The largest absolute Gasteiger partial charge is 0.465 e. The van der Waals surface area contributed by atoms with Crippen molar-refractivity contribution in [2.45, 2.75) is 13.8 Å². The summed E-state index contributed by atoms with van der Waals surface area (Å²) in [5, 5.41) is 7.51. The molecule has 1 aliphatic heterocycles. The van der Waals surface area contributed by atoms with Crippen molar-refractivity contribution in [1.82, 2.24) is 14.3 Å². The maximum absolute atomic E-state index is 13.6. The number of benzene rings is 2. The SMILES string of the molecule is COC(=O)c1cc2c(cc1NC(=O)c1c(C)nn(-c3ccc(C)cc3)c1-n1cccc1)OCO2. The van der Waals surface area contributed by atoms with Crippen LogP contribution in [0.1, 0.15) is 32.0 Å². The van der Waals surface area contributed by atoms with Crippen LogP contribution in [-0.2, 0) is 4.74 Å². The summed E-state index contributed by atoms with van der Waals surface area (Å²) in [6.45, 7) is 3.81. The van der Waals surface area contributed by atoms with Gasteiger partial charge >= 0.3 is 5.97 Å². The Morgan fingerprint density at radius 3 is 2.38 bits per heavy atom. The average molecular weight is 458 g/mol. The van der Waals surface area contributed by atoms with Crippen molar-refractivity contribution < 1.29 is 23.8 Å². The number of nitrogens with one attached hydrogen (secondary N) is 1. The van der Waals surface area contributed by atoms with Gasteiger partial charge in [-0.25, -0.2) is 9.48 Å². The van der Waals surface area contributed by atoms with E-state index in [2.05, 4.69) is 10.4 Å². The highest BCUT2D eigenvalue weighted by molar-refractivity contribution is 6.10. The van der Waals surface area contributed by atoms with Crippen molar-refractivity contribution in [2.75, 3.05) is 19.2 Å². The monoisotopic (exact) mass is 458 g/mol. The minimum absolute atomic E-state index is 0.0353. The van der Waals surface area contributed by atoms with Crippen molar-refractivity contribution >= 4 is 17.6 Å². The number of carbonyl (C=O) groups is 2. The molecular weight excluding hydrogens is 436 g/mol. The molecule has 4 aromatic rings. The number of aryl methyl sites for hydroxylation is 2. The van der Waals surface area contributed by atoms with Crippen LogP contribution in [-0.4, -0.2) is 40.1 Å². The molecule has 0 bridgehead atoms. The molecule has 0 spiro atoms. The molecule has 0 atom stereocenters. The lowest BCUT2D eigenvalue weighted by molar-refractivity contribution is 0.0601. The van der Waals surface area contributed by atoms with Crippen molar-refractivity contribution in [2.24, 2.45) is 0 Å². The minimum Gasteiger partial charge on any atom is -0.465 e. The van der Waals surface area contributed by atoms with Crippen LogP contribution in [0.2, 0.25) is 0 Å². The summed E-state index contributed by atoms with van der Waals surface area (Å²) in [5.41, 5.74) is 3.24. The van der Waals surface area contributed by atoms with E-state index in [1.807, 2.05) is 60.3 Å². The summed E-state index contributed by atoms with van der Waals surface area (Å²) < 4.78 is 19.2. The zero-order chi connectivity index (χ0) is 23.8. The van der Waals surface area contributed by atoms with Crippen LogP contribution < -0.4 is 14.8 Å². The molecule has 0 saturated carbocycles. The molecule has 2 aromatic carbocycles. The topological polar surface area (TPSA) is 96.6 Å². The highest BCUT2D eigenvalue weighted by atomic mass is 16.7. The number of methoxy groups -OCH3 is 1. The van der Waals surface area contributed by atoms with E-state index in [9.17, 15) is 9.59 Å². The maximum atomic E-state index is 13.6. The first kappa shape index (κ1) is 21.3. The smallest absolute Gasteiger partial charge is 0.340 e. The molecule has 1 aliphatic rings. The average Bonchev–Trinajstić information content (AvgIpc) is 3.58. The number of rotatable bonds is 5. The van der Waals surface area contributed by atoms with Gasteiger partial charge in [0, 0.05) is 24.5 Å². The molecule has 0 aliphatic carbocycles. The molecular formula is C25H22N4O5. The van der Waals surface area contributed by atoms with Crippen LogP contribution >= 0.6 is 0 Å². The Labute approximate surface area is 195 Å². The lowest BCUT2D eigenvalue weighted by Gasteiger charge is -2.13. The van der Waals surface area contributed by atoms with Gasteiger partial charge < -0.3 is 24.1 Å². The van der Waals surface area contributed by atoms with Crippen molar-refractivity contribution in [3.63, 3.8) is 0 Å². The fourth-order valence-corrected chi connectivity index (χ4v) is 3.87. The summed E-state index contributed by atoms with van der Waals surface area (Å²) in [5.74, 6) is 0.384. The standard InChI is InChI=1S/C25H22N4O5/c1-15-6-8-17(9-7-15)29-24(28-10-4-5-11-28)22(16(2)27-29)23(30)26-19-13-21-20(33-14-34-21)12-18(19)25(31)32-3/h4-13H,14H2,1-3H3,(H,26,30). The Bertz CT molecular complexity index is 1390. The van der Waals surface area contributed by atoms with Gasteiger partial charge in [0.1, 0.15) is 5.56 Å². The maximum Gasteiger partial charge on any atom is 0.340 e. The first-order valence-corrected chi connectivity index (χ1v) is 10.6. The zero-order valence-corrected chi connectivity index (χ0v) is 18.9. The number of fused-ring (bicyclic) bond motifs is 1. The molecule has 172 valence electrons. The lowest BCUT2D eigenvalue weighted by atomic mass is 10.1. The predicted octanol–water partition coefficient (Wildman–Crippen LogP) is 4.05. The second-order valence-electron chi connectivity index (χ2n) is 7.82. The van der Waals surface area contributed by atoms with Crippen molar-refractivity contribution in [3.8, 4) is 23.0 Å². The molecule has 5 rings (SSSR count). The fourth-order valence-electron chi connectivity index (χ4n) is 3.87. The van der Waals surface area contributed by atoms with E-state index >= 15 is 0 Å². The van der Waals surface area contributed by atoms with Gasteiger partial charge in [0.05, 0.1) is 29.7 Å². The second-order valence-corrected chi connectivity index (χ2v) is 7.82. The summed E-state index contributed by atoms with van der Waals surface area (Å²) in [6, 6.07) is 14.7. The first-order chi connectivity index (χ1) is 16.5. The fraction of sp³-hybridized carbons (Fsp3) is 0.160. The number of hydrogen-bond acceptors (Lipinski definition) is 6. The highest BCUT2D eigenvalue weighted by Crippen LogP contribution is 2.38. The van der Waals surface area contributed by atoms with Gasteiger partial charge in [-0.15, -0.1) is 0 Å². The summed E-state index contributed by atoms with van der Waals surface area (Å²) >= 11 is 0. The summed E-state index contributed by atoms with van der Waals surface area (Å²) in [4.78, 5) is 26.0. The minimum atomic E-state index is -0.605. The number of aromatic nitrogens is 3. The number of nitrogens with zero attached hydrogens (tertiary/aromatic N) is 3. The van der Waals surface area contributed by atoms with Crippen LogP contribution in [0.15, 0.2) is 60.9 Å². The summed E-state index contributed by atoms with van der Waals surface area (Å²) in [6.07, 6.45) is 3.69. The van der Waals surface area contributed by atoms with E-state index in [1.165, 1.54) is 13.2 Å². The molecule has 0 radical (unpaired) electrons. The van der Waals surface area contributed by atoms with E-state index in [0.717, 1.165) is 11.3 Å². The number of carbonyl (C=O) groups excluding carboxylic acids is 2. The Balaban J connectivity index is 1.61. The van der Waals surface area contributed by atoms with Gasteiger partial charge in [0.15, 0.2) is 17.3 Å². The molecule has 0 unspecified atom stereocenters. The molecule has 2 aromatic heterocycles. The molecule has 0 saturated heterocycles. The molecule has 1 N–H and O–H groups in total. The number of anilines is 1. The normalized spacial score (nSPS) is 12.0. The van der Waals surface area contributed by atoms with Gasteiger partial charge in [-0.2, -0.15) is 5.10 Å². The van der Waals surface area contributed by atoms with Crippen LogP contribution in [0, 0.1) is 13.8 Å². The predicted molar refractivity (Wildman–Crippen MR) is 124 cm³/mol. The third-order valence-corrected chi connectivity index (χ3v) is 5.56. The quantitative estimate of drug-likeness (QED) is 0.454. The Morgan fingerprint density at radius 2 is 1.71 bits per heavy atom. The van der Waals surface area contributed by atoms with E-state index in [4.69, 9.17) is 14.2 Å². The Kier molecular flexibility index (Phi) is 5.29. The van der Waals surface area contributed by atoms with E-state index < -0.39 is 11.9 Å². The highest BCUT2D eigenvalue weighted by Gasteiger charge is 2.27. The van der Waals surface area contributed by atoms with E-state index in [-0.39, 0.29) is 18.0 Å². The molecule has 9 nitrogen and oxygen atoms in total. The summed E-state index contributed by atoms with van der Waals surface area (Å²) in [7, 11) is 1.28. The van der Waals surface area contributed by atoms with Gasteiger partial charge in [0.2, 0.25) is 6.79 Å². The van der Waals surface area contributed by atoms with Gasteiger partial charge in [0.25, 0.3) is 5.91 Å². The lowest BCUT2D eigenvalue weighted by Crippen LogP contribution is -2.18. The third-order valence-electron chi connectivity index (χ3n) is 5.56. The molecule has 9 heteroatoms. The van der Waals surface area contributed by atoms with Crippen LogP contribution in [0.4, 0.5) is 5.69 Å². The zero-order valence-electron chi connectivity index (χ0n) is 18.9. The van der Waals surface area contributed by atoms with E-state index in [0.29, 0.717) is 28.6 Å². The second kappa shape index (κ2) is 8.43. The molecule has 3 heterocycles. The van der Waals surface area contributed by atoms with Crippen molar-refractivity contribution in [3.05, 3.63) is 83.3 Å². The molecule has 0 fully saturated rings. The van der Waals surface area contributed by atoms with Gasteiger partial charge in [-0.05, 0) is 38.1 Å². The van der Waals surface area contributed by atoms with Gasteiger partial charge in [-0.1, -0.05) is 17.7 Å². The van der Waals surface area contributed by atoms with Gasteiger partial charge in [-0.3, -0.25) is 4.79 Å². The number of amides is 1. The number of esters is 1. The van der Waals surface area contributed by atoms with Crippen LogP contribution in [0.25, 0.3) is 11.5 Å². The van der Waals surface area contributed by atoms with Crippen LogP contribution in [0.3, 0.4) is 0 Å². The number of ether oxygens (including phenoxy) is 3. The Morgan fingerprint density at radius 1 is 1.03 bits per heavy atom. The molecule has 34 heavy (non-hydrogen) atoms. The van der Waals surface area contributed by atoms with E-state index in [1.54, 1.807) is 17.7 Å². The Hall–Kier alpha value is -4.53. The molecule has 1 amide bonds. The third kappa shape index (κ3) is 3.66. The van der Waals surface area contributed by atoms with Crippen molar-refractivity contribution in [1.29, 1.82) is 0 Å². The first-order valence-electron chi connectivity index (χ1n) is 10.6. The number of hydrogen-bond donors (Lipinski definition) is 1.